The Morgan fingerprint density at radius 2 is 2.19 bits per heavy atom. The SMILES string of the molecule is [B]c1ccc(S(=O)N2CC3CC2CN3C(=O)CCl)cc1F. The van der Waals surface area contributed by atoms with Crippen molar-refractivity contribution in [1.82, 2.24) is 9.21 Å². The largest absolute Gasteiger partial charge is 0.336 e. The number of piperazine rings is 1. The van der Waals surface area contributed by atoms with Crippen LogP contribution in [0.1, 0.15) is 6.42 Å². The Kier molecular flexibility index (Phi) is 4.07. The average Bonchev–Trinajstić information content (AvgIpc) is 3.08. The van der Waals surface area contributed by atoms with Gasteiger partial charge in [-0.05, 0) is 18.6 Å². The first-order valence-electron chi connectivity index (χ1n) is 6.60. The van der Waals surface area contributed by atoms with Gasteiger partial charge in [-0.2, -0.15) is 0 Å². The second-order valence-electron chi connectivity index (χ2n) is 5.26. The van der Waals surface area contributed by atoms with Gasteiger partial charge in [0.05, 0.1) is 4.90 Å². The zero-order chi connectivity index (χ0) is 15.1. The molecular formula is C13H13BClFN2O2S. The highest BCUT2D eigenvalue weighted by atomic mass is 35.5. The van der Waals surface area contributed by atoms with Crippen LogP contribution in [0.5, 0.6) is 0 Å². The molecule has 4 nitrogen and oxygen atoms in total. The van der Waals surface area contributed by atoms with Crippen molar-refractivity contribution in [1.29, 1.82) is 0 Å². The molecule has 2 fully saturated rings. The molecule has 1 aromatic carbocycles. The molecule has 3 rings (SSSR count). The van der Waals surface area contributed by atoms with Crippen molar-refractivity contribution in [2.75, 3.05) is 19.0 Å². The molecular weight excluding hydrogens is 313 g/mol. The molecule has 0 saturated carbocycles. The minimum absolute atomic E-state index is 0.0311. The van der Waals surface area contributed by atoms with E-state index in [9.17, 15) is 13.4 Å². The molecule has 2 aliphatic rings. The van der Waals surface area contributed by atoms with E-state index in [1.165, 1.54) is 12.1 Å². The zero-order valence-electron chi connectivity index (χ0n) is 11.2. The number of fused-ring (bicyclic) bond motifs is 2. The topological polar surface area (TPSA) is 40.6 Å². The summed E-state index contributed by atoms with van der Waals surface area (Å²) < 4.78 is 27.8. The van der Waals surface area contributed by atoms with Crippen molar-refractivity contribution in [3.8, 4) is 0 Å². The summed E-state index contributed by atoms with van der Waals surface area (Å²) in [6.07, 6.45) is 0.784. The maximum atomic E-state index is 13.5. The predicted molar refractivity (Wildman–Crippen MR) is 79.5 cm³/mol. The lowest BCUT2D eigenvalue weighted by atomic mass is 9.96. The van der Waals surface area contributed by atoms with Gasteiger partial charge < -0.3 is 4.90 Å². The Morgan fingerprint density at radius 3 is 2.76 bits per heavy atom. The number of hydrogen-bond acceptors (Lipinski definition) is 2. The lowest BCUT2D eigenvalue weighted by Crippen LogP contribution is -2.49. The second kappa shape index (κ2) is 5.70. The highest BCUT2D eigenvalue weighted by molar-refractivity contribution is 7.82. The van der Waals surface area contributed by atoms with Crippen LogP contribution in [0.4, 0.5) is 4.39 Å². The fourth-order valence-electron chi connectivity index (χ4n) is 2.97. The summed E-state index contributed by atoms with van der Waals surface area (Å²) in [6, 6.07) is 4.27. The summed E-state index contributed by atoms with van der Waals surface area (Å²) in [5.41, 5.74) is 0.0394. The summed E-state index contributed by atoms with van der Waals surface area (Å²) in [4.78, 5) is 13.8. The molecule has 0 N–H and O–H groups in total. The zero-order valence-corrected chi connectivity index (χ0v) is 12.7. The molecule has 0 aliphatic carbocycles. The highest BCUT2D eigenvalue weighted by Crippen LogP contribution is 2.33. The molecule has 21 heavy (non-hydrogen) atoms. The van der Waals surface area contributed by atoms with Crippen LogP contribution in [0, 0.1) is 5.82 Å². The van der Waals surface area contributed by atoms with E-state index in [4.69, 9.17) is 19.4 Å². The van der Waals surface area contributed by atoms with Gasteiger partial charge in [0.15, 0.2) is 0 Å². The van der Waals surface area contributed by atoms with Gasteiger partial charge in [-0.25, -0.2) is 12.9 Å². The van der Waals surface area contributed by atoms with E-state index in [1.54, 1.807) is 11.0 Å². The Hall–Kier alpha value is -0.915. The number of amides is 1. The van der Waals surface area contributed by atoms with Crippen LogP contribution in [0.15, 0.2) is 23.1 Å². The molecule has 1 aromatic rings. The molecule has 2 aliphatic heterocycles. The molecule has 2 radical (unpaired) electrons. The first kappa shape index (κ1) is 15.0. The Bertz CT molecular complexity index is 618. The van der Waals surface area contributed by atoms with Crippen LogP contribution >= 0.6 is 11.6 Å². The van der Waals surface area contributed by atoms with Gasteiger partial charge in [0.1, 0.15) is 30.5 Å². The molecule has 2 saturated heterocycles. The number of carbonyl (C=O) groups is 1. The van der Waals surface area contributed by atoms with Crippen LogP contribution in [0.3, 0.4) is 0 Å². The number of hydrogen-bond donors (Lipinski definition) is 0. The van der Waals surface area contributed by atoms with E-state index in [0.717, 1.165) is 6.42 Å². The van der Waals surface area contributed by atoms with E-state index >= 15 is 0 Å². The normalized spacial score (nSPS) is 26.3. The van der Waals surface area contributed by atoms with Crippen molar-refractivity contribution in [3.05, 3.63) is 24.0 Å². The molecule has 2 heterocycles. The minimum Gasteiger partial charge on any atom is -0.336 e. The number of likely N-dealkylation sites (tertiary alicyclic amines) is 1. The fourth-order valence-corrected chi connectivity index (χ4v) is 4.51. The number of carbonyl (C=O) groups excluding carboxylic acids is 1. The predicted octanol–water partition coefficient (Wildman–Crippen LogP) is 0.166. The molecule has 0 aromatic heterocycles. The van der Waals surface area contributed by atoms with Crippen LogP contribution in [0.2, 0.25) is 0 Å². The van der Waals surface area contributed by atoms with E-state index in [0.29, 0.717) is 18.0 Å². The highest BCUT2D eigenvalue weighted by Gasteiger charge is 2.47. The van der Waals surface area contributed by atoms with Crippen molar-refractivity contribution >= 4 is 41.8 Å². The van der Waals surface area contributed by atoms with E-state index < -0.39 is 16.8 Å². The van der Waals surface area contributed by atoms with Crippen LogP contribution in [-0.4, -0.2) is 58.2 Å². The van der Waals surface area contributed by atoms with Gasteiger partial charge in [-0.15, -0.1) is 11.6 Å². The van der Waals surface area contributed by atoms with Crippen LogP contribution < -0.4 is 5.46 Å². The Labute approximate surface area is 131 Å². The molecule has 0 spiro atoms. The molecule has 8 heteroatoms. The standard InChI is InChI=1S/C13H13BClFN2O2S/c14-11-2-1-10(4-12(11)16)21(20)18-7-8-3-9(18)6-17(8)13(19)5-15/h1-2,4,8-9H,3,5-7H2. The third kappa shape index (κ3) is 2.62. The lowest BCUT2D eigenvalue weighted by molar-refractivity contribution is -0.130. The average molecular weight is 327 g/mol. The Balaban J connectivity index is 1.74. The Morgan fingerprint density at radius 1 is 1.43 bits per heavy atom. The summed E-state index contributed by atoms with van der Waals surface area (Å²) in [5, 5.41) is 0. The minimum atomic E-state index is -1.44. The summed E-state index contributed by atoms with van der Waals surface area (Å²) in [6.45, 7) is 1.05. The quantitative estimate of drug-likeness (QED) is 0.587. The maximum absolute atomic E-state index is 13.5. The monoisotopic (exact) mass is 326 g/mol. The first-order chi connectivity index (χ1) is 10.0. The third-order valence-electron chi connectivity index (χ3n) is 4.01. The van der Waals surface area contributed by atoms with Gasteiger partial charge in [0.25, 0.3) is 0 Å². The molecule has 1 amide bonds. The van der Waals surface area contributed by atoms with Gasteiger partial charge in [0.2, 0.25) is 5.91 Å². The lowest BCUT2D eigenvalue weighted by Gasteiger charge is -2.32. The van der Waals surface area contributed by atoms with Gasteiger partial charge >= 0.3 is 0 Å². The number of benzene rings is 1. The summed E-state index contributed by atoms with van der Waals surface area (Å²) in [5.74, 6) is -0.688. The molecule has 110 valence electrons. The van der Waals surface area contributed by atoms with Crippen LogP contribution in [0.25, 0.3) is 0 Å². The van der Waals surface area contributed by atoms with E-state index in [-0.39, 0.29) is 29.3 Å². The van der Waals surface area contributed by atoms with Crippen molar-refractivity contribution < 1.29 is 13.4 Å². The third-order valence-corrected chi connectivity index (χ3v) is 5.77. The van der Waals surface area contributed by atoms with Gasteiger partial charge in [-0.3, -0.25) is 4.79 Å². The maximum Gasteiger partial charge on any atom is 0.237 e. The molecule has 2 bridgehead atoms. The van der Waals surface area contributed by atoms with Crippen molar-refractivity contribution in [2.24, 2.45) is 0 Å². The molecule has 3 atom stereocenters. The van der Waals surface area contributed by atoms with Gasteiger partial charge in [-0.1, -0.05) is 11.5 Å². The van der Waals surface area contributed by atoms with Crippen molar-refractivity contribution in [3.63, 3.8) is 0 Å². The summed E-state index contributed by atoms with van der Waals surface area (Å²) >= 11 is 5.58. The summed E-state index contributed by atoms with van der Waals surface area (Å²) in [7, 11) is 3.99. The first-order valence-corrected chi connectivity index (χ1v) is 8.24. The number of alkyl halides is 1. The fraction of sp³-hybridized carbons (Fsp3) is 0.462. The number of halogens is 2. The second-order valence-corrected chi connectivity index (χ2v) is 6.96. The van der Waals surface area contributed by atoms with Crippen molar-refractivity contribution in [2.45, 2.75) is 23.4 Å². The van der Waals surface area contributed by atoms with E-state index in [2.05, 4.69) is 0 Å². The van der Waals surface area contributed by atoms with E-state index in [1.807, 2.05) is 4.31 Å². The molecule has 3 unspecified atom stereocenters. The number of rotatable bonds is 3. The van der Waals surface area contributed by atoms with Crippen LogP contribution in [-0.2, 0) is 15.8 Å². The number of nitrogens with zero attached hydrogens (tertiary/aromatic N) is 2. The smallest absolute Gasteiger partial charge is 0.237 e. The van der Waals surface area contributed by atoms with Gasteiger partial charge in [0, 0.05) is 25.2 Å².